The van der Waals surface area contributed by atoms with Crippen LogP contribution in [0.25, 0.3) is 0 Å². The number of ether oxygens (including phenoxy) is 1. The van der Waals surface area contributed by atoms with Gasteiger partial charge in [0, 0.05) is 13.1 Å². The third-order valence-electron chi connectivity index (χ3n) is 4.82. The van der Waals surface area contributed by atoms with Crippen LogP contribution >= 0.6 is 28.3 Å². The highest BCUT2D eigenvalue weighted by Crippen LogP contribution is 2.28. The molecule has 2 fully saturated rings. The van der Waals surface area contributed by atoms with Gasteiger partial charge in [-0.25, -0.2) is 0 Å². The summed E-state index contributed by atoms with van der Waals surface area (Å²) in [6.45, 7) is 5.76. The van der Waals surface area contributed by atoms with Crippen molar-refractivity contribution in [1.29, 1.82) is 0 Å². The van der Waals surface area contributed by atoms with Gasteiger partial charge in [0.1, 0.15) is 5.75 Å². The topological polar surface area (TPSA) is 41.6 Å². The first-order valence-electron chi connectivity index (χ1n) is 8.06. The predicted octanol–water partition coefficient (Wildman–Crippen LogP) is 3.10. The van der Waals surface area contributed by atoms with Crippen LogP contribution < -0.4 is 10.1 Å². The highest BCUT2D eigenvalue weighted by Gasteiger charge is 2.32. The van der Waals surface area contributed by atoms with Gasteiger partial charge in [0.25, 0.3) is 5.91 Å². The Bertz CT molecular complexity index is 529. The fourth-order valence-electron chi connectivity index (χ4n) is 3.48. The van der Waals surface area contributed by atoms with E-state index in [1.54, 1.807) is 0 Å². The van der Waals surface area contributed by atoms with Crippen molar-refractivity contribution in [2.24, 2.45) is 11.8 Å². The van der Waals surface area contributed by atoms with Crippen molar-refractivity contribution in [3.05, 3.63) is 28.7 Å². The number of hydrogen-bond donors (Lipinski definition) is 1. The molecule has 6 heteroatoms. The van der Waals surface area contributed by atoms with Crippen molar-refractivity contribution in [1.82, 2.24) is 10.2 Å². The number of benzene rings is 1. The zero-order chi connectivity index (χ0) is 15.5. The quantitative estimate of drug-likeness (QED) is 0.843. The van der Waals surface area contributed by atoms with E-state index in [2.05, 4.69) is 21.2 Å². The molecule has 1 N–H and O–H groups in total. The Hall–Kier alpha value is -0.780. The van der Waals surface area contributed by atoms with E-state index in [9.17, 15) is 4.79 Å². The molecule has 128 valence electrons. The van der Waals surface area contributed by atoms with Crippen molar-refractivity contribution < 1.29 is 9.53 Å². The van der Waals surface area contributed by atoms with Gasteiger partial charge in [0.05, 0.1) is 4.47 Å². The minimum absolute atomic E-state index is 0. The largest absolute Gasteiger partial charge is 0.480 e. The molecule has 3 atom stereocenters. The minimum Gasteiger partial charge on any atom is -0.480 e. The van der Waals surface area contributed by atoms with E-state index in [4.69, 9.17) is 4.74 Å². The molecule has 0 bridgehead atoms. The number of amides is 1. The molecular weight excluding hydrogens is 380 g/mol. The van der Waals surface area contributed by atoms with E-state index in [0.717, 1.165) is 61.1 Å². The number of nitrogens with one attached hydrogen (secondary N) is 1. The summed E-state index contributed by atoms with van der Waals surface area (Å²) < 4.78 is 6.73. The van der Waals surface area contributed by atoms with Crippen molar-refractivity contribution >= 4 is 34.2 Å². The fraction of sp³-hybridized carbons (Fsp3) is 0.588. The predicted molar refractivity (Wildman–Crippen MR) is 97.1 cm³/mol. The third-order valence-corrected chi connectivity index (χ3v) is 5.47. The molecule has 2 aliphatic rings. The summed E-state index contributed by atoms with van der Waals surface area (Å²) >= 11 is 3.46. The van der Waals surface area contributed by atoms with Gasteiger partial charge in [-0.3, -0.25) is 4.79 Å². The maximum absolute atomic E-state index is 12.7. The highest BCUT2D eigenvalue weighted by molar-refractivity contribution is 9.10. The molecule has 0 spiro atoms. The molecule has 1 aromatic carbocycles. The summed E-state index contributed by atoms with van der Waals surface area (Å²) in [6, 6.07) is 7.65. The Morgan fingerprint density at radius 1 is 1.26 bits per heavy atom. The number of carbonyl (C=O) groups is 1. The number of para-hydroxylation sites is 1. The molecule has 2 heterocycles. The summed E-state index contributed by atoms with van der Waals surface area (Å²) in [5, 5.41) is 3.46. The van der Waals surface area contributed by atoms with Crippen LogP contribution in [0.4, 0.5) is 0 Å². The highest BCUT2D eigenvalue weighted by atomic mass is 79.9. The standard InChI is InChI=1S/C17H23BrN2O2.ClH/c1-12(22-16-5-3-2-4-15(16)18)17(21)20-8-6-13-10-19-11-14(13)7-9-20;/h2-5,12-14,19H,6-11H2,1H3;1H/t12?,13-,14+;. The first-order chi connectivity index (χ1) is 10.6. The average Bonchev–Trinajstić information content (AvgIpc) is 2.87. The zero-order valence-electron chi connectivity index (χ0n) is 13.3. The van der Waals surface area contributed by atoms with Crippen LogP contribution in [0.5, 0.6) is 5.75 Å². The molecule has 0 radical (unpaired) electrons. The molecule has 1 unspecified atom stereocenters. The van der Waals surface area contributed by atoms with E-state index in [1.165, 1.54) is 0 Å². The van der Waals surface area contributed by atoms with Gasteiger partial charge < -0.3 is 15.0 Å². The van der Waals surface area contributed by atoms with E-state index in [1.807, 2.05) is 36.1 Å². The summed E-state index contributed by atoms with van der Waals surface area (Å²) in [6.07, 6.45) is 1.76. The Labute approximate surface area is 152 Å². The first-order valence-corrected chi connectivity index (χ1v) is 8.85. The minimum atomic E-state index is -0.449. The number of fused-ring (bicyclic) bond motifs is 1. The van der Waals surface area contributed by atoms with E-state index >= 15 is 0 Å². The number of rotatable bonds is 3. The Balaban J connectivity index is 0.00000192. The Morgan fingerprint density at radius 2 is 1.87 bits per heavy atom. The van der Waals surface area contributed by atoms with Crippen LogP contribution in [-0.4, -0.2) is 43.1 Å². The summed E-state index contributed by atoms with van der Waals surface area (Å²) in [5.41, 5.74) is 0. The van der Waals surface area contributed by atoms with Crippen LogP contribution in [0.2, 0.25) is 0 Å². The van der Waals surface area contributed by atoms with Gasteiger partial charge in [-0.2, -0.15) is 0 Å². The summed E-state index contributed by atoms with van der Waals surface area (Å²) in [4.78, 5) is 14.6. The second-order valence-electron chi connectivity index (χ2n) is 6.27. The number of nitrogens with zero attached hydrogens (tertiary/aromatic N) is 1. The number of hydrogen-bond acceptors (Lipinski definition) is 3. The van der Waals surface area contributed by atoms with Gasteiger partial charge in [-0.05, 0) is 72.8 Å². The van der Waals surface area contributed by atoms with Gasteiger partial charge in [-0.1, -0.05) is 12.1 Å². The molecule has 23 heavy (non-hydrogen) atoms. The van der Waals surface area contributed by atoms with E-state index < -0.39 is 6.10 Å². The lowest BCUT2D eigenvalue weighted by Gasteiger charge is -2.25. The lowest BCUT2D eigenvalue weighted by molar-refractivity contribution is -0.138. The number of likely N-dealkylation sites (tertiary alicyclic amines) is 1. The molecule has 0 aromatic heterocycles. The Morgan fingerprint density at radius 3 is 2.48 bits per heavy atom. The second-order valence-corrected chi connectivity index (χ2v) is 7.13. The summed E-state index contributed by atoms with van der Waals surface area (Å²) in [5.74, 6) is 2.29. The fourth-order valence-corrected chi connectivity index (χ4v) is 3.86. The van der Waals surface area contributed by atoms with Crippen LogP contribution in [-0.2, 0) is 4.79 Å². The van der Waals surface area contributed by atoms with Crippen molar-refractivity contribution in [3.8, 4) is 5.75 Å². The monoisotopic (exact) mass is 402 g/mol. The molecule has 4 nitrogen and oxygen atoms in total. The molecular formula is C17H24BrClN2O2. The SMILES string of the molecule is CC(Oc1ccccc1Br)C(=O)N1CC[C@@H]2CNC[C@@H]2CC1.Cl. The molecule has 0 aliphatic carbocycles. The molecule has 2 saturated heterocycles. The second kappa shape index (κ2) is 8.36. The third kappa shape index (κ3) is 4.40. The van der Waals surface area contributed by atoms with Crippen LogP contribution in [0.1, 0.15) is 19.8 Å². The normalized spacial score (nSPS) is 25.0. The average molecular weight is 404 g/mol. The van der Waals surface area contributed by atoms with Gasteiger partial charge in [0.15, 0.2) is 6.10 Å². The lowest BCUT2D eigenvalue weighted by atomic mass is 9.92. The number of halogens is 2. The Kier molecular flexibility index (Phi) is 6.74. The van der Waals surface area contributed by atoms with Crippen molar-refractivity contribution in [2.45, 2.75) is 25.9 Å². The lowest BCUT2D eigenvalue weighted by Crippen LogP contribution is -2.41. The first kappa shape index (κ1) is 18.6. The summed E-state index contributed by atoms with van der Waals surface area (Å²) in [7, 11) is 0. The maximum atomic E-state index is 12.7. The molecule has 1 amide bonds. The van der Waals surface area contributed by atoms with Gasteiger partial charge in [-0.15, -0.1) is 12.4 Å². The molecule has 1 aromatic rings. The van der Waals surface area contributed by atoms with Gasteiger partial charge in [0.2, 0.25) is 0 Å². The van der Waals surface area contributed by atoms with Gasteiger partial charge >= 0.3 is 0 Å². The molecule has 0 saturated carbocycles. The molecule has 2 aliphatic heterocycles. The van der Waals surface area contributed by atoms with Crippen molar-refractivity contribution in [3.63, 3.8) is 0 Å². The van der Waals surface area contributed by atoms with E-state index in [-0.39, 0.29) is 18.3 Å². The smallest absolute Gasteiger partial charge is 0.263 e. The zero-order valence-corrected chi connectivity index (χ0v) is 15.7. The number of carbonyl (C=O) groups excluding carboxylic acids is 1. The van der Waals surface area contributed by atoms with Crippen LogP contribution in [0.3, 0.4) is 0 Å². The van der Waals surface area contributed by atoms with Crippen LogP contribution in [0, 0.1) is 11.8 Å². The van der Waals surface area contributed by atoms with Crippen LogP contribution in [0.15, 0.2) is 28.7 Å². The maximum Gasteiger partial charge on any atom is 0.263 e. The molecule has 3 rings (SSSR count). The van der Waals surface area contributed by atoms with Crippen molar-refractivity contribution in [2.75, 3.05) is 26.2 Å². The van der Waals surface area contributed by atoms with E-state index in [0.29, 0.717) is 0 Å².